The van der Waals surface area contributed by atoms with Crippen LogP contribution in [0, 0.1) is 5.38 Å². The molecule has 0 atom stereocenters. The third-order valence-electron chi connectivity index (χ3n) is 1.98. The highest BCUT2D eigenvalue weighted by atomic mass is 35.5. The highest BCUT2D eigenvalue weighted by molar-refractivity contribution is 6.41. The van der Waals surface area contributed by atoms with E-state index in [1.54, 1.807) is 6.07 Å². The summed E-state index contributed by atoms with van der Waals surface area (Å²) in [6.07, 6.45) is 0. The van der Waals surface area contributed by atoms with Gasteiger partial charge in [-0.3, -0.25) is 4.79 Å². The highest BCUT2D eigenvalue weighted by Gasteiger charge is 2.17. The number of rotatable bonds is 2. The maximum absolute atomic E-state index is 10.8. The van der Waals surface area contributed by atoms with E-state index >= 15 is 0 Å². The molecule has 2 rings (SSSR count). The molecule has 1 radical (unpaired) electrons. The number of benzene rings is 1. The Bertz CT molecular complexity index is 445. The van der Waals surface area contributed by atoms with E-state index in [4.69, 9.17) is 17.3 Å². The molecule has 0 unspecified atom stereocenters. The number of carbonyl (C=O) groups is 1. The van der Waals surface area contributed by atoms with Gasteiger partial charge in [0.15, 0.2) is 5.38 Å². The summed E-state index contributed by atoms with van der Waals surface area (Å²) < 4.78 is 0. The molecule has 1 aromatic heterocycles. The number of para-hydroxylation sites is 1. The van der Waals surface area contributed by atoms with Crippen LogP contribution >= 0.6 is 11.6 Å². The Morgan fingerprint density at radius 3 is 2.71 bits per heavy atom. The van der Waals surface area contributed by atoms with Crippen LogP contribution < -0.4 is 5.73 Å². The minimum atomic E-state index is -0.627. The van der Waals surface area contributed by atoms with E-state index in [1.165, 1.54) is 0 Å². The third-order valence-corrected chi connectivity index (χ3v) is 2.37. The smallest absolute Gasteiger partial charge is 0.247 e. The molecule has 4 heteroatoms. The molecule has 0 fully saturated rings. The van der Waals surface area contributed by atoms with Gasteiger partial charge in [0.25, 0.3) is 0 Å². The molecule has 71 valence electrons. The first-order valence-corrected chi connectivity index (χ1v) is 4.46. The topological polar surface area (TPSA) is 58.9 Å². The second-order valence-corrected chi connectivity index (χ2v) is 3.33. The lowest BCUT2D eigenvalue weighted by Crippen LogP contribution is -2.17. The second-order valence-electron chi connectivity index (χ2n) is 2.95. The van der Waals surface area contributed by atoms with E-state index in [9.17, 15) is 4.79 Å². The molecular formula is C10H8ClN2O. The predicted molar refractivity (Wildman–Crippen MR) is 55.7 cm³/mol. The molecular weight excluding hydrogens is 200 g/mol. The minimum Gasteiger partial charge on any atom is -0.368 e. The first kappa shape index (κ1) is 9.09. The first-order chi connectivity index (χ1) is 6.68. The number of aromatic amines is 1. The fraction of sp³-hybridized carbons (Fsp3) is 0. The maximum Gasteiger partial charge on any atom is 0.247 e. The fourth-order valence-electron chi connectivity index (χ4n) is 1.32. The summed E-state index contributed by atoms with van der Waals surface area (Å²) in [5.74, 6) is -0.627. The Balaban J connectivity index is 2.50. The molecule has 0 saturated carbocycles. The first-order valence-electron chi connectivity index (χ1n) is 4.09. The Kier molecular flexibility index (Phi) is 2.17. The Hall–Kier alpha value is -1.48. The van der Waals surface area contributed by atoms with Crippen molar-refractivity contribution in [2.45, 2.75) is 0 Å². The van der Waals surface area contributed by atoms with Crippen molar-refractivity contribution in [1.82, 2.24) is 4.98 Å². The summed E-state index contributed by atoms with van der Waals surface area (Å²) in [7, 11) is 0. The van der Waals surface area contributed by atoms with Crippen LogP contribution in [0.25, 0.3) is 10.9 Å². The molecule has 2 aromatic rings. The molecule has 1 amide bonds. The average molecular weight is 208 g/mol. The van der Waals surface area contributed by atoms with Crippen LogP contribution in [0.5, 0.6) is 0 Å². The van der Waals surface area contributed by atoms with Crippen LogP contribution in [0.15, 0.2) is 30.3 Å². The maximum atomic E-state index is 10.8. The van der Waals surface area contributed by atoms with Crippen LogP contribution in [0.2, 0.25) is 0 Å². The van der Waals surface area contributed by atoms with Crippen LogP contribution in [-0.2, 0) is 4.79 Å². The van der Waals surface area contributed by atoms with Crippen molar-refractivity contribution >= 4 is 28.4 Å². The molecule has 0 bridgehead atoms. The number of nitrogens with one attached hydrogen (secondary N) is 1. The predicted octanol–water partition coefficient (Wildman–Crippen LogP) is 1.77. The van der Waals surface area contributed by atoms with Gasteiger partial charge in [-0.25, -0.2) is 0 Å². The molecule has 0 aliphatic heterocycles. The number of nitrogens with two attached hydrogens (primary N) is 1. The molecule has 0 spiro atoms. The highest BCUT2D eigenvalue weighted by Crippen LogP contribution is 2.22. The number of aromatic nitrogens is 1. The van der Waals surface area contributed by atoms with Gasteiger partial charge in [0.2, 0.25) is 5.91 Å². The quantitative estimate of drug-likeness (QED) is 0.775. The monoisotopic (exact) mass is 207 g/mol. The minimum absolute atomic E-state index is 0.0289. The summed E-state index contributed by atoms with van der Waals surface area (Å²) in [6.45, 7) is 0. The zero-order valence-corrected chi connectivity index (χ0v) is 8.01. The molecule has 3 N–H and O–H groups in total. The van der Waals surface area contributed by atoms with Crippen LogP contribution in [0.1, 0.15) is 5.69 Å². The van der Waals surface area contributed by atoms with Gasteiger partial charge < -0.3 is 10.7 Å². The summed E-state index contributed by atoms with van der Waals surface area (Å²) in [5, 5.41) is 1.03. The molecule has 1 aromatic carbocycles. The number of carbonyl (C=O) groups excluding carboxylic acids is 1. The van der Waals surface area contributed by atoms with Crippen molar-refractivity contribution < 1.29 is 4.79 Å². The van der Waals surface area contributed by atoms with E-state index in [-0.39, 0.29) is 5.38 Å². The van der Waals surface area contributed by atoms with Crippen LogP contribution in [0.4, 0.5) is 0 Å². The van der Waals surface area contributed by atoms with Crippen LogP contribution in [-0.4, -0.2) is 10.9 Å². The lowest BCUT2D eigenvalue weighted by Gasteiger charge is -1.98. The van der Waals surface area contributed by atoms with Gasteiger partial charge in [-0.2, -0.15) is 0 Å². The van der Waals surface area contributed by atoms with Gasteiger partial charge in [0.1, 0.15) is 0 Å². The van der Waals surface area contributed by atoms with E-state index in [1.807, 2.05) is 24.3 Å². The Morgan fingerprint density at radius 1 is 1.36 bits per heavy atom. The molecule has 14 heavy (non-hydrogen) atoms. The molecule has 0 aliphatic carbocycles. The standard InChI is InChI=1S/C10H8ClN2O/c11-9(10(12)14)8-5-6-3-1-2-4-7(6)13-8/h1-5,13H,(H2,12,14). The van der Waals surface area contributed by atoms with Crippen molar-refractivity contribution in [3.63, 3.8) is 0 Å². The van der Waals surface area contributed by atoms with Crippen molar-refractivity contribution in [2.75, 3.05) is 0 Å². The SMILES string of the molecule is NC(=O)[C](Cl)c1cc2ccccc2[nH]1. The van der Waals surface area contributed by atoms with Gasteiger partial charge in [-0.05, 0) is 17.5 Å². The van der Waals surface area contributed by atoms with Gasteiger partial charge >= 0.3 is 0 Å². The summed E-state index contributed by atoms with van der Waals surface area (Å²) in [4.78, 5) is 13.8. The van der Waals surface area contributed by atoms with E-state index in [0.29, 0.717) is 5.69 Å². The molecule has 1 heterocycles. The number of hydrogen-bond acceptors (Lipinski definition) is 1. The van der Waals surface area contributed by atoms with Gasteiger partial charge in [0, 0.05) is 11.2 Å². The zero-order valence-electron chi connectivity index (χ0n) is 7.25. The summed E-state index contributed by atoms with van der Waals surface area (Å²) in [5.41, 5.74) is 6.55. The largest absolute Gasteiger partial charge is 0.368 e. The van der Waals surface area contributed by atoms with Crippen molar-refractivity contribution in [3.05, 3.63) is 41.4 Å². The van der Waals surface area contributed by atoms with Crippen molar-refractivity contribution in [3.8, 4) is 0 Å². The number of hydrogen-bond donors (Lipinski definition) is 2. The molecule has 3 nitrogen and oxygen atoms in total. The lowest BCUT2D eigenvalue weighted by atomic mass is 10.2. The third kappa shape index (κ3) is 1.46. The lowest BCUT2D eigenvalue weighted by molar-refractivity contribution is -0.115. The van der Waals surface area contributed by atoms with Crippen molar-refractivity contribution in [1.29, 1.82) is 0 Å². The van der Waals surface area contributed by atoms with Crippen LogP contribution in [0.3, 0.4) is 0 Å². The molecule has 0 saturated heterocycles. The number of halogens is 1. The fourth-order valence-corrected chi connectivity index (χ4v) is 1.43. The summed E-state index contributed by atoms with van der Waals surface area (Å²) >= 11 is 5.72. The Labute approximate surface area is 85.9 Å². The average Bonchev–Trinajstić information content (AvgIpc) is 2.59. The number of fused-ring (bicyclic) bond motifs is 1. The van der Waals surface area contributed by atoms with Crippen molar-refractivity contribution in [2.24, 2.45) is 5.73 Å². The van der Waals surface area contributed by atoms with Gasteiger partial charge in [-0.1, -0.05) is 29.8 Å². The number of H-pyrrole nitrogens is 1. The Morgan fingerprint density at radius 2 is 2.07 bits per heavy atom. The van der Waals surface area contributed by atoms with Gasteiger partial charge in [0.05, 0.1) is 0 Å². The van der Waals surface area contributed by atoms with Gasteiger partial charge in [-0.15, -0.1) is 0 Å². The zero-order chi connectivity index (χ0) is 10.1. The van der Waals surface area contributed by atoms with E-state index in [2.05, 4.69) is 4.98 Å². The number of amides is 1. The number of primary amides is 1. The molecule has 0 aliphatic rings. The second kappa shape index (κ2) is 3.35. The normalized spacial score (nSPS) is 11.0. The van der Waals surface area contributed by atoms with E-state index in [0.717, 1.165) is 10.9 Å². The summed E-state index contributed by atoms with van der Waals surface area (Å²) in [6, 6.07) is 9.45. The van der Waals surface area contributed by atoms with E-state index < -0.39 is 5.91 Å².